The summed E-state index contributed by atoms with van der Waals surface area (Å²) in [5, 5.41) is 8.74. The largest absolute Gasteiger partial charge is 0.444 e. The van der Waals surface area contributed by atoms with Crippen LogP contribution in [0.15, 0.2) is 0 Å². The van der Waals surface area contributed by atoms with E-state index in [0.29, 0.717) is 0 Å². The average molecular weight is 188 g/mol. The smallest absolute Gasteiger partial charge is 0.410 e. The number of hydrogen-bond donors (Lipinski definition) is 1. The molecule has 0 aliphatic carbocycles. The summed E-state index contributed by atoms with van der Waals surface area (Å²) in [6.45, 7) is 8.77. The molecule has 0 fully saturated rings. The zero-order valence-corrected chi connectivity index (χ0v) is 8.70. The molecule has 0 unspecified atom stereocenters. The van der Waals surface area contributed by atoms with Crippen molar-refractivity contribution in [3.8, 4) is 0 Å². The molecular formula is C9H18NO3. The monoisotopic (exact) mass is 188 g/mol. The number of carbonyl (C=O) groups is 1. The molecule has 0 aliphatic heterocycles. The second kappa shape index (κ2) is 4.46. The maximum Gasteiger partial charge on any atom is 0.410 e. The van der Waals surface area contributed by atoms with Crippen molar-refractivity contribution in [1.82, 2.24) is 4.90 Å². The van der Waals surface area contributed by atoms with Gasteiger partial charge >= 0.3 is 6.09 Å². The lowest BCUT2D eigenvalue weighted by atomic mass is 10.2. The van der Waals surface area contributed by atoms with E-state index in [1.165, 1.54) is 4.90 Å². The van der Waals surface area contributed by atoms with Crippen LogP contribution in [0.2, 0.25) is 0 Å². The van der Waals surface area contributed by atoms with Crippen LogP contribution in [-0.4, -0.2) is 41.4 Å². The molecule has 0 rings (SSSR count). The number of amides is 1. The summed E-state index contributed by atoms with van der Waals surface area (Å²) < 4.78 is 5.06. The van der Waals surface area contributed by atoms with Crippen molar-refractivity contribution >= 4 is 6.09 Å². The first-order chi connectivity index (χ1) is 5.78. The molecule has 1 radical (unpaired) electrons. The Bertz CT molecular complexity index is 174. The highest BCUT2D eigenvalue weighted by Crippen LogP contribution is 2.10. The molecule has 4 heteroatoms. The van der Waals surface area contributed by atoms with Crippen LogP contribution in [0.4, 0.5) is 4.79 Å². The number of aliphatic hydroxyl groups is 1. The first kappa shape index (κ1) is 12.2. The number of carbonyl (C=O) groups excluding carboxylic acids is 1. The minimum atomic E-state index is -0.513. The van der Waals surface area contributed by atoms with Gasteiger partial charge in [-0.3, -0.25) is 0 Å². The fourth-order valence-electron chi connectivity index (χ4n) is 0.605. The van der Waals surface area contributed by atoms with Crippen LogP contribution in [0, 0.1) is 6.92 Å². The van der Waals surface area contributed by atoms with E-state index in [9.17, 15) is 4.79 Å². The van der Waals surface area contributed by atoms with Crippen LogP contribution in [-0.2, 0) is 4.74 Å². The molecule has 4 nitrogen and oxygen atoms in total. The first-order valence-electron chi connectivity index (χ1n) is 4.17. The second-order valence-electron chi connectivity index (χ2n) is 3.93. The lowest BCUT2D eigenvalue weighted by Gasteiger charge is -2.27. The molecule has 0 saturated heterocycles. The predicted octanol–water partition coefficient (Wildman–Crippen LogP) is 1.05. The van der Waals surface area contributed by atoms with Gasteiger partial charge in [-0.05, 0) is 27.7 Å². The minimum absolute atomic E-state index is 0.171. The summed E-state index contributed by atoms with van der Waals surface area (Å²) in [5.74, 6) is 0. The molecule has 77 valence electrons. The van der Waals surface area contributed by atoms with Crippen molar-refractivity contribution in [3.63, 3.8) is 0 Å². The summed E-state index contributed by atoms with van der Waals surface area (Å²) in [4.78, 5) is 12.6. The van der Waals surface area contributed by atoms with Crippen molar-refractivity contribution in [2.45, 2.75) is 32.4 Å². The fraction of sp³-hybridized carbons (Fsp3) is 0.778. The Morgan fingerprint density at radius 1 is 1.62 bits per heavy atom. The maximum atomic E-state index is 11.3. The van der Waals surface area contributed by atoms with Crippen LogP contribution >= 0.6 is 0 Å². The van der Waals surface area contributed by atoms with Crippen LogP contribution in [0.1, 0.15) is 20.8 Å². The predicted molar refractivity (Wildman–Crippen MR) is 50.2 cm³/mol. The number of hydrogen-bond acceptors (Lipinski definition) is 3. The van der Waals surface area contributed by atoms with Crippen molar-refractivity contribution in [2.24, 2.45) is 0 Å². The molecule has 0 spiro atoms. The summed E-state index contributed by atoms with van der Waals surface area (Å²) in [6.07, 6.45) is -0.471. The number of aliphatic hydroxyl groups excluding tert-OH is 1. The third-order valence-electron chi connectivity index (χ3n) is 1.44. The lowest BCUT2D eigenvalue weighted by molar-refractivity contribution is 0.0208. The van der Waals surface area contributed by atoms with Gasteiger partial charge in [0.1, 0.15) is 5.60 Å². The molecule has 0 aromatic rings. The van der Waals surface area contributed by atoms with Gasteiger partial charge in [-0.1, -0.05) is 0 Å². The van der Waals surface area contributed by atoms with E-state index in [4.69, 9.17) is 9.84 Å². The molecule has 0 saturated carbocycles. The van der Waals surface area contributed by atoms with Gasteiger partial charge in [-0.25, -0.2) is 4.79 Å². The summed E-state index contributed by atoms with van der Waals surface area (Å²) in [7, 11) is 1.54. The molecule has 0 bridgehead atoms. The highest BCUT2D eigenvalue weighted by atomic mass is 16.6. The molecule has 1 N–H and O–H groups in total. The Morgan fingerprint density at radius 2 is 2.08 bits per heavy atom. The SMILES string of the molecule is [CH2][C@@H](CO)N(C)C(=O)OC(C)(C)C. The first-order valence-corrected chi connectivity index (χ1v) is 4.17. The standard InChI is InChI=1S/C9H18NO3/c1-7(6-11)10(5)8(12)13-9(2,3)4/h7,11H,1,6H2,2-5H3/t7-/m0/s1. The minimum Gasteiger partial charge on any atom is -0.444 e. The van der Waals surface area contributed by atoms with Gasteiger partial charge in [0.15, 0.2) is 0 Å². The van der Waals surface area contributed by atoms with Gasteiger partial charge in [0, 0.05) is 7.05 Å². The summed E-state index contributed by atoms with van der Waals surface area (Å²) in [5.41, 5.74) is -0.513. The van der Waals surface area contributed by atoms with Gasteiger partial charge in [0.25, 0.3) is 0 Å². The maximum absolute atomic E-state index is 11.3. The van der Waals surface area contributed by atoms with Crippen molar-refractivity contribution in [3.05, 3.63) is 6.92 Å². The Morgan fingerprint density at radius 3 is 2.38 bits per heavy atom. The quantitative estimate of drug-likeness (QED) is 0.704. The molecule has 0 aromatic carbocycles. The van der Waals surface area contributed by atoms with E-state index in [1.54, 1.807) is 27.8 Å². The van der Waals surface area contributed by atoms with Crippen LogP contribution in [0.3, 0.4) is 0 Å². The Hall–Kier alpha value is -0.770. The highest BCUT2D eigenvalue weighted by Gasteiger charge is 2.22. The summed E-state index contributed by atoms with van der Waals surface area (Å²) >= 11 is 0. The second-order valence-corrected chi connectivity index (χ2v) is 3.93. The van der Waals surface area contributed by atoms with E-state index in [2.05, 4.69) is 6.92 Å². The zero-order chi connectivity index (χ0) is 10.6. The van der Waals surface area contributed by atoms with Crippen LogP contribution < -0.4 is 0 Å². The number of rotatable bonds is 2. The molecule has 13 heavy (non-hydrogen) atoms. The average Bonchev–Trinajstić information content (AvgIpc) is 1.98. The topological polar surface area (TPSA) is 49.8 Å². The van der Waals surface area contributed by atoms with Gasteiger partial charge in [-0.2, -0.15) is 0 Å². The molecule has 1 atom stereocenters. The van der Waals surface area contributed by atoms with E-state index in [0.717, 1.165) is 0 Å². The number of likely N-dealkylation sites (N-methyl/N-ethyl adjacent to an activating group) is 1. The molecular weight excluding hydrogens is 170 g/mol. The Labute approximate surface area is 79.5 Å². The molecule has 0 aliphatic rings. The van der Waals surface area contributed by atoms with E-state index < -0.39 is 17.7 Å². The summed E-state index contributed by atoms with van der Waals surface area (Å²) in [6, 6.07) is -0.463. The fourth-order valence-corrected chi connectivity index (χ4v) is 0.605. The van der Waals surface area contributed by atoms with Crippen molar-refractivity contribution in [1.29, 1.82) is 0 Å². The van der Waals surface area contributed by atoms with E-state index >= 15 is 0 Å². The molecule has 1 amide bonds. The number of nitrogens with zero attached hydrogens (tertiary/aromatic N) is 1. The Kier molecular flexibility index (Phi) is 4.20. The number of ether oxygens (including phenoxy) is 1. The third-order valence-corrected chi connectivity index (χ3v) is 1.44. The van der Waals surface area contributed by atoms with Crippen molar-refractivity contribution in [2.75, 3.05) is 13.7 Å². The van der Waals surface area contributed by atoms with Gasteiger partial charge in [0.2, 0.25) is 0 Å². The van der Waals surface area contributed by atoms with Crippen LogP contribution in [0.5, 0.6) is 0 Å². The van der Waals surface area contributed by atoms with Crippen molar-refractivity contribution < 1.29 is 14.6 Å². The van der Waals surface area contributed by atoms with Gasteiger partial charge in [-0.15, -0.1) is 0 Å². The molecule has 0 aromatic heterocycles. The molecule has 0 heterocycles. The van der Waals surface area contributed by atoms with Gasteiger partial charge in [0.05, 0.1) is 12.6 Å². The Balaban J connectivity index is 4.12. The third kappa shape index (κ3) is 4.72. The van der Waals surface area contributed by atoms with E-state index in [-0.39, 0.29) is 6.61 Å². The normalized spacial score (nSPS) is 13.7. The lowest BCUT2D eigenvalue weighted by Crippen LogP contribution is -2.41. The zero-order valence-electron chi connectivity index (χ0n) is 8.70. The highest BCUT2D eigenvalue weighted by molar-refractivity contribution is 5.68. The van der Waals surface area contributed by atoms with E-state index in [1.807, 2.05) is 0 Å². The van der Waals surface area contributed by atoms with Crippen LogP contribution in [0.25, 0.3) is 0 Å². The van der Waals surface area contributed by atoms with Gasteiger partial charge < -0.3 is 14.7 Å².